The lowest BCUT2D eigenvalue weighted by molar-refractivity contribution is -0.155. The average Bonchev–Trinajstić information content (AvgIpc) is 3.03. The zero-order valence-electron chi connectivity index (χ0n) is 18.2. The molecule has 0 atom stereocenters. The number of carbonyl (C=O) groups is 2. The van der Waals surface area contributed by atoms with E-state index in [1.807, 2.05) is 57.2 Å². The molecule has 6 nitrogen and oxygen atoms in total. The van der Waals surface area contributed by atoms with Crippen molar-refractivity contribution in [3.8, 4) is 5.75 Å². The molecular weight excluding hydrogens is 380 g/mol. The fourth-order valence-electron chi connectivity index (χ4n) is 3.32. The fraction of sp³-hybridized carbons (Fsp3) is 0.375. The molecule has 0 aliphatic heterocycles. The van der Waals surface area contributed by atoms with E-state index in [0.717, 1.165) is 29.7 Å². The van der Waals surface area contributed by atoms with E-state index in [4.69, 9.17) is 14.5 Å². The summed E-state index contributed by atoms with van der Waals surface area (Å²) >= 11 is 0. The highest BCUT2D eigenvalue weighted by atomic mass is 16.6. The van der Waals surface area contributed by atoms with Crippen molar-refractivity contribution in [1.29, 1.82) is 0 Å². The third-order valence-corrected chi connectivity index (χ3v) is 4.71. The van der Waals surface area contributed by atoms with Gasteiger partial charge in [-0.05, 0) is 70.4 Å². The van der Waals surface area contributed by atoms with E-state index in [1.54, 1.807) is 17.9 Å². The average molecular weight is 408 g/mol. The normalized spacial score (nSPS) is 11.5. The lowest BCUT2D eigenvalue weighted by Gasteiger charge is -2.19. The molecule has 0 aliphatic carbocycles. The van der Waals surface area contributed by atoms with Crippen LogP contribution in [0.3, 0.4) is 0 Å². The number of rotatable bonds is 7. The van der Waals surface area contributed by atoms with E-state index < -0.39 is 5.60 Å². The largest absolute Gasteiger partial charge is 0.497 e. The third kappa shape index (κ3) is 5.26. The van der Waals surface area contributed by atoms with Gasteiger partial charge in [0.05, 0.1) is 7.11 Å². The third-order valence-electron chi connectivity index (χ3n) is 4.71. The smallest absolute Gasteiger partial charge is 0.326 e. The maximum absolute atomic E-state index is 12.3. The van der Waals surface area contributed by atoms with Crippen LogP contribution in [0.1, 0.15) is 49.3 Å². The van der Waals surface area contributed by atoms with Gasteiger partial charge in [0.15, 0.2) is 5.78 Å². The van der Waals surface area contributed by atoms with Gasteiger partial charge in [0.2, 0.25) is 0 Å². The van der Waals surface area contributed by atoms with Gasteiger partial charge in [-0.15, -0.1) is 0 Å². The number of fused-ring (bicyclic) bond motifs is 1. The van der Waals surface area contributed by atoms with E-state index in [1.165, 1.54) is 12.5 Å². The maximum Gasteiger partial charge on any atom is 0.326 e. The first-order valence-electron chi connectivity index (χ1n) is 10.0. The minimum atomic E-state index is -0.569. The summed E-state index contributed by atoms with van der Waals surface area (Å²) in [6.07, 6.45) is 3.27. The number of ketones is 1. The van der Waals surface area contributed by atoms with Crippen LogP contribution in [-0.2, 0) is 28.9 Å². The summed E-state index contributed by atoms with van der Waals surface area (Å²) in [6.45, 7) is 7.01. The van der Waals surface area contributed by atoms with Crippen LogP contribution in [0, 0.1) is 0 Å². The molecule has 6 heteroatoms. The number of pyridine rings is 1. The molecule has 158 valence electrons. The van der Waals surface area contributed by atoms with Crippen molar-refractivity contribution in [1.82, 2.24) is 9.55 Å². The van der Waals surface area contributed by atoms with Gasteiger partial charge < -0.3 is 14.0 Å². The highest BCUT2D eigenvalue weighted by molar-refractivity contribution is 6.06. The second-order valence-electron chi connectivity index (χ2n) is 8.34. The number of ether oxygens (including phenoxy) is 2. The fourth-order valence-corrected chi connectivity index (χ4v) is 3.32. The van der Waals surface area contributed by atoms with E-state index in [0.29, 0.717) is 11.2 Å². The SMILES string of the molecule is COc1ccc(CCc2ccc3c(C(C)=O)cn(CC(=O)OC(C)(C)C)c3n2)cc1. The first-order chi connectivity index (χ1) is 14.2. The minimum Gasteiger partial charge on any atom is -0.497 e. The minimum absolute atomic E-state index is 0.00990. The van der Waals surface area contributed by atoms with Crippen LogP contribution < -0.4 is 4.74 Å². The second kappa shape index (κ2) is 8.69. The lowest BCUT2D eigenvalue weighted by atomic mass is 10.1. The van der Waals surface area contributed by atoms with E-state index in [9.17, 15) is 9.59 Å². The van der Waals surface area contributed by atoms with Gasteiger partial charge in [0, 0.05) is 22.8 Å². The number of Topliss-reactive ketones (excluding diaryl/α,β-unsaturated/α-hetero) is 1. The number of nitrogens with zero attached hydrogens (tertiary/aromatic N) is 2. The summed E-state index contributed by atoms with van der Waals surface area (Å²) < 4.78 is 12.3. The van der Waals surface area contributed by atoms with Crippen LogP contribution >= 0.6 is 0 Å². The number of aromatic nitrogens is 2. The molecule has 0 spiro atoms. The van der Waals surface area contributed by atoms with Gasteiger partial charge in [-0.2, -0.15) is 0 Å². The number of esters is 1. The molecule has 0 amide bonds. The van der Waals surface area contributed by atoms with Gasteiger partial charge in [0.1, 0.15) is 23.5 Å². The van der Waals surface area contributed by atoms with Crippen molar-refractivity contribution in [2.45, 2.75) is 52.7 Å². The summed E-state index contributed by atoms with van der Waals surface area (Å²) in [6, 6.07) is 11.8. The van der Waals surface area contributed by atoms with Gasteiger partial charge >= 0.3 is 5.97 Å². The first-order valence-corrected chi connectivity index (χ1v) is 10.0. The summed E-state index contributed by atoms with van der Waals surface area (Å²) in [5, 5.41) is 0.749. The van der Waals surface area contributed by atoms with Crippen LogP contribution in [0.5, 0.6) is 5.75 Å². The topological polar surface area (TPSA) is 70.4 Å². The Bertz CT molecular complexity index is 1060. The van der Waals surface area contributed by atoms with E-state index in [-0.39, 0.29) is 18.3 Å². The Morgan fingerprint density at radius 3 is 2.33 bits per heavy atom. The van der Waals surface area contributed by atoms with Crippen LogP contribution in [-0.4, -0.2) is 34.0 Å². The Morgan fingerprint density at radius 1 is 1.03 bits per heavy atom. The molecule has 0 unspecified atom stereocenters. The van der Waals surface area contributed by atoms with Gasteiger partial charge in [-0.1, -0.05) is 12.1 Å². The second-order valence-corrected chi connectivity index (χ2v) is 8.34. The van der Waals surface area contributed by atoms with Gasteiger partial charge in [-0.25, -0.2) is 4.98 Å². The standard InChI is InChI=1S/C24H28N2O4/c1-16(27)21-14-26(15-22(28)30-24(2,3)4)23-20(21)13-10-18(25-23)9-6-17-7-11-19(29-5)12-8-17/h7-8,10-14H,6,9,15H2,1-5H3. The molecule has 0 radical (unpaired) electrons. The highest BCUT2D eigenvalue weighted by Crippen LogP contribution is 2.22. The number of hydrogen-bond donors (Lipinski definition) is 0. The Balaban J connectivity index is 1.85. The molecule has 30 heavy (non-hydrogen) atoms. The van der Waals surface area contributed by atoms with Gasteiger partial charge in [-0.3, -0.25) is 9.59 Å². The summed E-state index contributed by atoms with van der Waals surface area (Å²) in [5.41, 5.74) is 2.70. The van der Waals surface area contributed by atoms with Crippen molar-refractivity contribution in [2.24, 2.45) is 0 Å². The maximum atomic E-state index is 12.3. The Labute approximate surface area is 176 Å². The monoisotopic (exact) mass is 408 g/mol. The molecule has 0 N–H and O–H groups in total. The Kier molecular flexibility index (Phi) is 6.25. The van der Waals surface area contributed by atoms with Crippen molar-refractivity contribution >= 4 is 22.8 Å². The summed E-state index contributed by atoms with van der Waals surface area (Å²) in [5.74, 6) is 0.408. The summed E-state index contributed by atoms with van der Waals surface area (Å²) in [4.78, 5) is 29.2. The molecule has 0 fully saturated rings. The molecule has 1 aromatic carbocycles. The molecule has 0 bridgehead atoms. The van der Waals surface area contributed by atoms with Crippen LogP contribution in [0.4, 0.5) is 0 Å². The Hall–Kier alpha value is -3.15. The molecule has 0 saturated carbocycles. The number of methoxy groups -OCH3 is 1. The van der Waals surface area contributed by atoms with Crippen molar-refractivity contribution in [2.75, 3.05) is 7.11 Å². The van der Waals surface area contributed by atoms with Crippen molar-refractivity contribution in [3.05, 3.63) is 59.4 Å². The molecule has 2 heterocycles. The molecule has 3 rings (SSSR count). The predicted octanol–water partition coefficient (Wildman–Crippen LogP) is 4.37. The van der Waals surface area contributed by atoms with Crippen LogP contribution in [0.15, 0.2) is 42.6 Å². The highest BCUT2D eigenvalue weighted by Gasteiger charge is 2.20. The molecule has 0 saturated heterocycles. The summed E-state index contributed by atoms with van der Waals surface area (Å²) in [7, 11) is 1.65. The zero-order chi connectivity index (χ0) is 21.9. The predicted molar refractivity (Wildman–Crippen MR) is 116 cm³/mol. The van der Waals surface area contributed by atoms with Gasteiger partial charge in [0.25, 0.3) is 0 Å². The molecule has 3 aromatic rings. The van der Waals surface area contributed by atoms with Crippen LogP contribution in [0.25, 0.3) is 11.0 Å². The first kappa shape index (κ1) is 21.6. The molecule has 2 aromatic heterocycles. The quantitative estimate of drug-likeness (QED) is 0.429. The number of carbonyl (C=O) groups excluding carboxylic acids is 2. The lowest BCUT2D eigenvalue weighted by Crippen LogP contribution is -2.26. The Morgan fingerprint density at radius 2 is 1.73 bits per heavy atom. The zero-order valence-corrected chi connectivity index (χ0v) is 18.2. The van der Waals surface area contributed by atoms with E-state index in [2.05, 4.69) is 0 Å². The number of hydrogen-bond acceptors (Lipinski definition) is 5. The molecule has 0 aliphatic rings. The van der Waals surface area contributed by atoms with Crippen LogP contribution in [0.2, 0.25) is 0 Å². The van der Waals surface area contributed by atoms with Crippen molar-refractivity contribution < 1.29 is 19.1 Å². The number of benzene rings is 1. The van der Waals surface area contributed by atoms with Crippen molar-refractivity contribution in [3.63, 3.8) is 0 Å². The van der Waals surface area contributed by atoms with E-state index >= 15 is 0 Å². The number of aryl methyl sites for hydroxylation is 2. The molecular formula is C24H28N2O4.